The van der Waals surface area contributed by atoms with Crippen LogP contribution >= 0.6 is 0 Å². The van der Waals surface area contributed by atoms with Gasteiger partial charge in [-0.05, 0) is 37.1 Å². The van der Waals surface area contributed by atoms with E-state index in [9.17, 15) is 9.59 Å². The summed E-state index contributed by atoms with van der Waals surface area (Å²) in [7, 11) is 0. The quantitative estimate of drug-likeness (QED) is 0.932. The van der Waals surface area contributed by atoms with Crippen molar-refractivity contribution in [2.24, 2.45) is 5.73 Å². The molecule has 0 aromatic carbocycles. The average molecular weight is 310 g/mol. The van der Waals surface area contributed by atoms with Crippen LogP contribution < -0.4 is 5.73 Å². The van der Waals surface area contributed by atoms with Crippen LogP contribution in [0, 0.1) is 0 Å². The van der Waals surface area contributed by atoms with E-state index in [1.807, 2.05) is 11.0 Å². The van der Waals surface area contributed by atoms with Crippen molar-refractivity contribution in [3.8, 4) is 0 Å². The lowest BCUT2D eigenvalue weighted by atomic mass is 9.93. The standard InChI is InChI=1S/C17H18N4O2/c18-16(22)15-7-1-6-14(20-15)13-5-3-9-21(11-13)17(23)12-4-2-8-19-10-12/h1-2,4,6-8,10,13H,3,5,9,11H2,(H2,18,22)/t13-/m0/s1. The monoisotopic (exact) mass is 310 g/mol. The maximum absolute atomic E-state index is 12.5. The van der Waals surface area contributed by atoms with Gasteiger partial charge in [0.05, 0.1) is 5.56 Å². The van der Waals surface area contributed by atoms with E-state index >= 15 is 0 Å². The molecule has 118 valence electrons. The number of likely N-dealkylation sites (tertiary alicyclic amines) is 1. The number of amides is 2. The van der Waals surface area contributed by atoms with Gasteiger partial charge in [-0.3, -0.25) is 14.6 Å². The number of hydrogen-bond donors (Lipinski definition) is 1. The third-order valence-corrected chi connectivity index (χ3v) is 4.06. The Hall–Kier alpha value is -2.76. The van der Waals surface area contributed by atoms with Crippen LogP contribution in [0.3, 0.4) is 0 Å². The minimum Gasteiger partial charge on any atom is -0.364 e. The molecular formula is C17H18N4O2. The molecule has 2 amide bonds. The molecule has 0 radical (unpaired) electrons. The first-order valence-electron chi connectivity index (χ1n) is 7.61. The summed E-state index contributed by atoms with van der Waals surface area (Å²) in [6.45, 7) is 1.31. The lowest BCUT2D eigenvalue weighted by Gasteiger charge is -2.32. The van der Waals surface area contributed by atoms with E-state index in [0.29, 0.717) is 12.1 Å². The number of pyridine rings is 2. The van der Waals surface area contributed by atoms with E-state index in [2.05, 4.69) is 9.97 Å². The number of primary amides is 1. The summed E-state index contributed by atoms with van der Waals surface area (Å²) in [5.41, 5.74) is 6.95. The molecule has 1 saturated heterocycles. The normalized spacial score (nSPS) is 17.7. The molecule has 1 aliphatic heterocycles. The first kappa shape index (κ1) is 15.1. The molecule has 3 heterocycles. The largest absolute Gasteiger partial charge is 0.364 e. The predicted molar refractivity (Wildman–Crippen MR) is 84.9 cm³/mol. The molecule has 0 unspecified atom stereocenters. The van der Waals surface area contributed by atoms with Crippen molar-refractivity contribution in [2.75, 3.05) is 13.1 Å². The lowest BCUT2D eigenvalue weighted by molar-refractivity contribution is 0.0705. The van der Waals surface area contributed by atoms with E-state index in [-0.39, 0.29) is 17.5 Å². The van der Waals surface area contributed by atoms with E-state index in [1.54, 1.807) is 36.7 Å². The molecular weight excluding hydrogens is 292 g/mol. The number of aromatic nitrogens is 2. The zero-order chi connectivity index (χ0) is 16.2. The third-order valence-electron chi connectivity index (χ3n) is 4.06. The van der Waals surface area contributed by atoms with Crippen LogP contribution in [0.25, 0.3) is 0 Å². The summed E-state index contributed by atoms with van der Waals surface area (Å²) >= 11 is 0. The summed E-state index contributed by atoms with van der Waals surface area (Å²) in [5, 5.41) is 0. The molecule has 0 spiro atoms. The number of piperidine rings is 1. The van der Waals surface area contributed by atoms with Crippen molar-refractivity contribution in [1.82, 2.24) is 14.9 Å². The van der Waals surface area contributed by atoms with Gasteiger partial charge in [0.25, 0.3) is 11.8 Å². The maximum atomic E-state index is 12.5. The second kappa shape index (κ2) is 6.56. The van der Waals surface area contributed by atoms with E-state index in [4.69, 9.17) is 5.73 Å². The van der Waals surface area contributed by atoms with Crippen molar-refractivity contribution in [2.45, 2.75) is 18.8 Å². The fraction of sp³-hybridized carbons (Fsp3) is 0.294. The Morgan fingerprint density at radius 1 is 1.22 bits per heavy atom. The minimum atomic E-state index is -0.536. The molecule has 1 aliphatic rings. The van der Waals surface area contributed by atoms with E-state index < -0.39 is 5.91 Å². The van der Waals surface area contributed by atoms with Crippen LogP contribution in [-0.4, -0.2) is 39.8 Å². The summed E-state index contributed by atoms with van der Waals surface area (Å²) in [5.74, 6) is -0.441. The van der Waals surface area contributed by atoms with Crippen LogP contribution in [0.4, 0.5) is 0 Å². The van der Waals surface area contributed by atoms with Crippen molar-refractivity contribution in [3.05, 3.63) is 59.7 Å². The Morgan fingerprint density at radius 3 is 2.83 bits per heavy atom. The smallest absolute Gasteiger partial charge is 0.267 e. The molecule has 0 bridgehead atoms. The lowest BCUT2D eigenvalue weighted by Crippen LogP contribution is -2.39. The number of carbonyl (C=O) groups excluding carboxylic acids is 2. The fourth-order valence-electron chi connectivity index (χ4n) is 2.89. The van der Waals surface area contributed by atoms with Crippen molar-refractivity contribution in [1.29, 1.82) is 0 Å². The zero-order valence-electron chi connectivity index (χ0n) is 12.7. The van der Waals surface area contributed by atoms with Gasteiger partial charge >= 0.3 is 0 Å². The molecule has 2 N–H and O–H groups in total. The first-order valence-corrected chi connectivity index (χ1v) is 7.61. The predicted octanol–water partition coefficient (Wildman–Crippen LogP) is 1.60. The van der Waals surface area contributed by atoms with Crippen LogP contribution in [-0.2, 0) is 0 Å². The molecule has 0 aliphatic carbocycles. The van der Waals surface area contributed by atoms with Gasteiger partial charge in [0.15, 0.2) is 0 Å². The highest BCUT2D eigenvalue weighted by Crippen LogP contribution is 2.26. The molecule has 0 saturated carbocycles. The first-order chi connectivity index (χ1) is 11.1. The molecule has 2 aromatic heterocycles. The summed E-state index contributed by atoms with van der Waals surface area (Å²) < 4.78 is 0. The molecule has 6 nitrogen and oxygen atoms in total. The number of rotatable bonds is 3. The molecule has 2 aromatic rings. The second-order valence-corrected chi connectivity index (χ2v) is 5.64. The maximum Gasteiger partial charge on any atom is 0.267 e. The number of carbonyl (C=O) groups is 2. The van der Waals surface area contributed by atoms with Gasteiger partial charge in [-0.25, -0.2) is 4.98 Å². The van der Waals surface area contributed by atoms with Gasteiger partial charge in [-0.2, -0.15) is 0 Å². The summed E-state index contributed by atoms with van der Waals surface area (Å²) in [4.78, 5) is 34.0. The van der Waals surface area contributed by atoms with Crippen molar-refractivity contribution < 1.29 is 9.59 Å². The fourth-order valence-corrected chi connectivity index (χ4v) is 2.89. The Balaban J connectivity index is 1.77. The minimum absolute atomic E-state index is 0.0196. The average Bonchev–Trinajstić information content (AvgIpc) is 2.62. The van der Waals surface area contributed by atoms with Gasteiger partial charge in [-0.1, -0.05) is 6.07 Å². The Kier molecular flexibility index (Phi) is 4.32. The Labute approximate surface area is 134 Å². The zero-order valence-corrected chi connectivity index (χ0v) is 12.7. The third kappa shape index (κ3) is 3.36. The van der Waals surface area contributed by atoms with Gasteiger partial charge in [-0.15, -0.1) is 0 Å². The topological polar surface area (TPSA) is 89.2 Å². The number of nitrogens with two attached hydrogens (primary N) is 1. The highest BCUT2D eigenvalue weighted by molar-refractivity contribution is 5.94. The van der Waals surface area contributed by atoms with Gasteiger partial charge < -0.3 is 10.6 Å². The van der Waals surface area contributed by atoms with E-state index in [0.717, 1.165) is 25.1 Å². The van der Waals surface area contributed by atoms with Crippen LogP contribution in [0.2, 0.25) is 0 Å². The Morgan fingerprint density at radius 2 is 2.09 bits per heavy atom. The molecule has 23 heavy (non-hydrogen) atoms. The molecule has 1 atom stereocenters. The number of nitrogens with zero attached hydrogens (tertiary/aromatic N) is 3. The number of hydrogen-bond acceptors (Lipinski definition) is 4. The summed E-state index contributed by atoms with van der Waals surface area (Å²) in [6, 6.07) is 8.80. The van der Waals surface area contributed by atoms with Gasteiger partial charge in [0, 0.05) is 37.1 Å². The molecule has 3 rings (SSSR count). The highest BCUT2D eigenvalue weighted by Gasteiger charge is 2.26. The van der Waals surface area contributed by atoms with Crippen molar-refractivity contribution in [3.63, 3.8) is 0 Å². The second-order valence-electron chi connectivity index (χ2n) is 5.64. The van der Waals surface area contributed by atoms with Crippen LogP contribution in [0.1, 0.15) is 45.3 Å². The van der Waals surface area contributed by atoms with Crippen molar-refractivity contribution >= 4 is 11.8 Å². The van der Waals surface area contributed by atoms with Gasteiger partial charge in [0.2, 0.25) is 0 Å². The van der Waals surface area contributed by atoms with E-state index in [1.165, 1.54) is 0 Å². The van der Waals surface area contributed by atoms with Crippen LogP contribution in [0.5, 0.6) is 0 Å². The molecule has 1 fully saturated rings. The summed E-state index contributed by atoms with van der Waals surface area (Å²) in [6.07, 6.45) is 5.07. The highest BCUT2D eigenvalue weighted by atomic mass is 16.2. The van der Waals surface area contributed by atoms with Gasteiger partial charge in [0.1, 0.15) is 5.69 Å². The Bertz CT molecular complexity index is 718. The SMILES string of the molecule is NC(=O)c1cccc([C@H]2CCCN(C(=O)c3cccnc3)C2)n1. The molecule has 6 heteroatoms. The van der Waals surface area contributed by atoms with Crippen LogP contribution in [0.15, 0.2) is 42.7 Å².